The van der Waals surface area contributed by atoms with Gasteiger partial charge in [0.25, 0.3) is 0 Å². The molecule has 194 valence electrons. The van der Waals surface area contributed by atoms with Crippen molar-refractivity contribution in [2.75, 3.05) is 5.32 Å². The van der Waals surface area contributed by atoms with Crippen molar-refractivity contribution in [3.8, 4) is 28.4 Å². The topological polar surface area (TPSA) is 39.1 Å². The molecule has 0 saturated carbocycles. The molecule has 0 saturated heterocycles. The van der Waals surface area contributed by atoms with E-state index >= 15 is 0 Å². The molecule has 41 heavy (non-hydrogen) atoms. The summed E-state index contributed by atoms with van der Waals surface area (Å²) >= 11 is 0. The summed E-state index contributed by atoms with van der Waals surface area (Å²) in [6.07, 6.45) is 6.22. The van der Waals surface area contributed by atoms with Gasteiger partial charge in [-0.3, -0.25) is 4.98 Å². The van der Waals surface area contributed by atoms with Gasteiger partial charge in [0.15, 0.2) is 0 Å². The Kier molecular flexibility index (Phi) is 5.42. The number of pyridine rings is 1. The number of hydrogen-bond acceptors (Lipinski definition) is 3. The largest absolute Gasteiger partial charge is 0.457 e. The van der Waals surface area contributed by atoms with E-state index in [1.54, 1.807) is 0 Å². The zero-order chi connectivity index (χ0) is 27.2. The van der Waals surface area contributed by atoms with Gasteiger partial charge in [-0.1, -0.05) is 84.9 Å². The second kappa shape index (κ2) is 9.54. The van der Waals surface area contributed by atoms with Crippen LogP contribution in [0.15, 0.2) is 134 Å². The third kappa shape index (κ3) is 3.97. The molecular weight excluding hydrogens is 502 g/mol. The van der Waals surface area contributed by atoms with Crippen LogP contribution in [-0.4, -0.2) is 9.55 Å². The highest BCUT2D eigenvalue weighted by Gasteiger charge is 2.20. The van der Waals surface area contributed by atoms with Crippen LogP contribution < -0.4 is 10.1 Å². The fourth-order valence-electron chi connectivity index (χ4n) is 5.81. The molecule has 1 aliphatic rings. The molecule has 5 aromatic carbocycles. The lowest BCUT2D eigenvalue weighted by molar-refractivity contribution is 0.483. The fraction of sp³-hybridized carbons (Fsp3) is 0. The second-order valence-corrected chi connectivity index (χ2v) is 10.1. The van der Waals surface area contributed by atoms with Gasteiger partial charge in [0.1, 0.15) is 11.5 Å². The SMILES string of the molecule is C1=Cc2cccc(-n3c4ccccc4c4ccc(Oc5ccccc5)cc43)c2Nc2c1cccc2-c1ccccn1. The molecule has 0 amide bonds. The monoisotopic (exact) mass is 527 g/mol. The highest BCUT2D eigenvalue weighted by molar-refractivity contribution is 6.10. The van der Waals surface area contributed by atoms with Crippen LogP contribution in [0.3, 0.4) is 0 Å². The van der Waals surface area contributed by atoms with Crippen molar-refractivity contribution in [1.82, 2.24) is 9.55 Å². The lowest BCUT2D eigenvalue weighted by atomic mass is 10.0. The maximum atomic E-state index is 6.27. The minimum atomic E-state index is 0.797. The third-order valence-corrected chi connectivity index (χ3v) is 7.67. The highest BCUT2D eigenvalue weighted by Crippen LogP contribution is 2.42. The van der Waals surface area contributed by atoms with Gasteiger partial charge in [0.2, 0.25) is 0 Å². The molecular formula is C37H25N3O. The molecule has 0 unspecified atom stereocenters. The van der Waals surface area contributed by atoms with E-state index in [0.29, 0.717) is 0 Å². The molecule has 0 fully saturated rings. The number of nitrogens with zero attached hydrogens (tertiary/aromatic N) is 2. The Morgan fingerprint density at radius 3 is 2.17 bits per heavy atom. The number of aromatic nitrogens is 2. The molecule has 0 radical (unpaired) electrons. The predicted octanol–water partition coefficient (Wildman–Crippen LogP) is 9.87. The van der Waals surface area contributed by atoms with E-state index in [2.05, 4.69) is 106 Å². The summed E-state index contributed by atoms with van der Waals surface area (Å²) < 4.78 is 8.61. The van der Waals surface area contributed by atoms with Crippen LogP contribution in [0.5, 0.6) is 11.5 Å². The average Bonchev–Trinajstić information content (AvgIpc) is 3.21. The van der Waals surface area contributed by atoms with Crippen LogP contribution >= 0.6 is 0 Å². The number of rotatable bonds is 4. The van der Waals surface area contributed by atoms with Gasteiger partial charge in [-0.25, -0.2) is 0 Å². The molecule has 4 nitrogen and oxygen atoms in total. The first-order valence-corrected chi connectivity index (χ1v) is 13.7. The van der Waals surface area contributed by atoms with Gasteiger partial charge >= 0.3 is 0 Å². The first-order valence-electron chi connectivity index (χ1n) is 13.7. The van der Waals surface area contributed by atoms with Crippen LogP contribution in [0.1, 0.15) is 11.1 Å². The maximum Gasteiger partial charge on any atom is 0.129 e. The summed E-state index contributed by atoms with van der Waals surface area (Å²) in [5.74, 6) is 1.61. The molecule has 2 aromatic heterocycles. The number of anilines is 2. The van der Waals surface area contributed by atoms with Gasteiger partial charge in [-0.05, 0) is 54.1 Å². The summed E-state index contributed by atoms with van der Waals surface area (Å²) in [6.45, 7) is 0. The lowest BCUT2D eigenvalue weighted by Gasteiger charge is -2.19. The van der Waals surface area contributed by atoms with Crippen LogP contribution in [0, 0.1) is 0 Å². The van der Waals surface area contributed by atoms with Crippen molar-refractivity contribution in [3.05, 3.63) is 145 Å². The molecule has 0 aliphatic carbocycles. The third-order valence-electron chi connectivity index (χ3n) is 7.67. The minimum absolute atomic E-state index is 0.797. The van der Waals surface area contributed by atoms with Crippen LogP contribution in [-0.2, 0) is 0 Å². The fourth-order valence-corrected chi connectivity index (χ4v) is 5.81. The quantitative estimate of drug-likeness (QED) is 0.248. The van der Waals surface area contributed by atoms with Gasteiger partial charge in [0, 0.05) is 34.2 Å². The number of ether oxygens (including phenoxy) is 1. The van der Waals surface area contributed by atoms with Crippen LogP contribution in [0.25, 0.3) is 50.9 Å². The Morgan fingerprint density at radius 2 is 1.32 bits per heavy atom. The smallest absolute Gasteiger partial charge is 0.129 e. The Balaban J connectivity index is 1.35. The van der Waals surface area contributed by atoms with E-state index in [4.69, 9.17) is 4.74 Å². The van der Waals surface area contributed by atoms with Crippen molar-refractivity contribution >= 4 is 45.3 Å². The normalized spacial score (nSPS) is 12.0. The maximum absolute atomic E-state index is 6.27. The average molecular weight is 528 g/mol. The molecule has 1 aliphatic heterocycles. The van der Waals surface area contributed by atoms with E-state index in [1.807, 2.05) is 54.7 Å². The molecule has 4 heteroatoms. The number of para-hydroxylation sites is 4. The van der Waals surface area contributed by atoms with Crippen LogP contribution in [0.4, 0.5) is 11.4 Å². The van der Waals surface area contributed by atoms with Crippen molar-refractivity contribution in [1.29, 1.82) is 0 Å². The Bertz CT molecular complexity index is 2090. The van der Waals surface area contributed by atoms with Gasteiger partial charge in [-0.15, -0.1) is 0 Å². The summed E-state index contributed by atoms with van der Waals surface area (Å²) in [6, 6.07) is 43.7. The second-order valence-electron chi connectivity index (χ2n) is 10.1. The number of fused-ring (bicyclic) bond motifs is 5. The number of benzene rings is 5. The highest BCUT2D eigenvalue weighted by atomic mass is 16.5. The molecule has 0 atom stereocenters. The van der Waals surface area contributed by atoms with Gasteiger partial charge in [-0.2, -0.15) is 0 Å². The first-order chi connectivity index (χ1) is 20.3. The number of nitrogens with one attached hydrogen (secondary N) is 1. The van der Waals surface area contributed by atoms with E-state index in [1.165, 1.54) is 10.8 Å². The van der Waals surface area contributed by atoms with E-state index in [-0.39, 0.29) is 0 Å². The summed E-state index contributed by atoms with van der Waals surface area (Å²) in [5, 5.41) is 6.23. The van der Waals surface area contributed by atoms with Gasteiger partial charge in [0.05, 0.1) is 33.8 Å². The van der Waals surface area contributed by atoms with E-state index < -0.39 is 0 Å². The summed E-state index contributed by atoms with van der Waals surface area (Å²) in [7, 11) is 0. The Labute approximate surface area is 237 Å². The van der Waals surface area contributed by atoms with Crippen LogP contribution in [0.2, 0.25) is 0 Å². The van der Waals surface area contributed by atoms with Crippen molar-refractivity contribution < 1.29 is 4.74 Å². The Morgan fingerprint density at radius 1 is 0.561 bits per heavy atom. The Hall–Kier alpha value is -5.61. The molecule has 0 bridgehead atoms. The lowest BCUT2D eigenvalue weighted by Crippen LogP contribution is -2.03. The molecule has 7 aromatic rings. The summed E-state index contributed by atoms with van der Waals surface area (Å²) in [5.41, 5.74) is 9.62. The predicted molar refractivity (Wildman–Crippen MR) is 169 cm³/mol. The standard InChI is InChI=1S/C37H25N3O/c1-2-12-27(13-3-1)41-28-21-22-30-29-14-4-5-17-33(29)40(35(30)24-28)34-18-9-11-26-20-19-25-10-8-15-31(36(25)39-37(26)34)32-16-6-7-23-38-32/h1-24,39H. The summed E-state index contributed by atoms with van der Waals surface area (Å²) in [4.78, 5) is 4.66. The molecule has 1 N–H and O–H groups in total. The number of hydrogen-bond donors (Lipinski definition) is 1. The van der Waals surface area contributed by atoms with Crippen molar-refractivity contribution in [2.24, 2.45) is 0 Å². The van der Waals surface area contributed by atoms with E-state index in [9.17, 15) is 0 Å². The zero-order valence-electron chi connectivity index (χ0n) is 22.2. The van der Waals surface area contributed by atoms with Crippen molar-refractivity contribution in [3.63, 3.8) is 0 Å². The van der Waals surface area contributed by atoms with Gasteiger partial charge < -0.3 is 14.6 Å². The van der Waals surface area contributed by atoms with Crippen molar-refractivity contribution in [2.45, 2.75) is 0 Å². The zero-order valence-corrected chi connectivity index (χ0v) is 22.2. The molecule has 0 spiro atoms. The molecule has 3 heterocycles. The first kappa shape index (κ1) is 23.3. The molecule has 8 rings (SSSR count). The minimum Gasteiger partial charge on any atom is -0.457 e. The van der Waals surface area contributed by atoms with E-state index in [0.717, 1.165) is 62.0 Å².